The van der Waals surface area contributed by atoms with Gasteiger partial charge >= 0.3 is 0 Å². The Morgan fingerprint density at radius 2 is 2.35 bits per heavy atom. The van der Waals surface area contributed by atoms with E-state index < -0.39 is 0 Å². The summed E-state index contributed by atoms with van der Waals surface area (Å²) in [6.07, 6.45) is 3.32. The normalized spacial score (nSPS) is 15.1. The molecule has 1 aliphatic carbocycles. The summed E-state index contributed by atoms with van der Waals surface area (Å²) in [5, 5.41) is 3.93. The SMILES string of the molecule is O=c1cc(Cl)nc(C2CC2)n1Cc1ncon1. The van der Waals surface area contributed by atoms with Crippen molar-refractivity contribution in [2.75, 3.05) is 0 Å². The van der Waals surface area contributed by atoms with Crippen molar-refractivity contribution in [1.29, 1.82) is 0 Å². The molecule has 0 saturated heterocycles. The Labute approximate surface area is 101 Å². The average molecular weight is 253 g/mol. The van der Waals surface area contributed by atoms with Crippen LogP contribution in [0.4, 0.5) is 0 Å². The Morgan fingerprint density at radius 3 is 3.00 bits per heavy atom. The molecule has 2 aromatic heterocycles. The topological polar surface area (TPSA) is 73.8 Å². The van der Waals surface area contributed by atoms with Gasteiger partial charge in [0.15, 0.2) is 5.82 Å². The lowest BCUT2D eigenvalue weighted by atomic mass is 10.3. The minimum absolute atomic E-state index is 0.184. The van der Waals surface area contributed by atoms with Gasteiger partial charge < -0.3 is 4.52 Å². The molecule has 0 unspecified atom stereocenters. The monoisotopic (exact) mass is 252 g/mol. The lowest BCUT2D eigenvalue weighted by molar-refractivity contribution is 0.407. The Kier molecular flexibility index (Phi) is 2.44. The molecule has 0 bridgehead atoms. The van der Waals surface area contributed by atoms with E-state index in [1.807, 2.05) is 0 Å². The van der Waals surface area contributed by atoms with Crippen LogP contribution in [0.1, 0.15) is 30.4 Å². The van der Waals surface area contributed by atoms with Crippen LogP contribution in [-0.4, -0.2) is 19.7 Å². The molecule has 0 radical (unpaired) electrons. The second-order valence-corrected chi connectivity index (χ2v) is 4.37. The van der Waals surface area contributed by atoms with E-state index in [9.17, 15) is 4.79 Å². The predicted octanol–water partition coefficient (Wildman–Crippen LogP) is 1.21. The summed E-state index contributed by atoms with van der Waals surface area (Å²) in [6, 6.07) is 1.30. The zero-order valence-electron chi connectivity index (χ0n) is 8.84. The predicted molar refractivity (Wildman–Crippen MR) is 58.9 cm³/mol. The molecule has 2 heterocycles. The molecule has 3 rings (SSSR count). The number of aromatic nitrogens is 4. The smallest absolute Gasteiger partial charge is 0.255 e. The molecule has 2 aromatic rings. The van der Waals surface area contributed by atoms with Crippen molar-refractivity contribution in [2.24, 2.45) is 0 Å². The number of nitrogens with zero attached hydrogens (tertiary/aromatic N) is 4. The first-order valence-corrected chi connectivity index (χ1v) is 5.64. The molecule has 1 aliphatic rings. The summed E-state index contributed by atoms with van der Waals surface area (Å²) in [4.78, 5) is 20.0. The molecule has 0 spiro atoms. The van der Waals surface area contributed by atoms with Crippen LogP contribution in [0.3, 0.4) is 0 Å². The van der Waals surface area contributed by atoms with Crippen LogP contribution >= 0.6 is 11.6 Å². The summed E-state index contributed by atoms with van der Waals surface area (Å²) in [6.45, 7) is 0.269. The Morgan fingerprint density at radius 1 is 1.53 bits per heavy atom. The van der Waals surface area contributed by atoms with Gasteiger partial charge in [0.1, 0.15) is 11.0 Å². The zero-order valence-corrected chi connectivity index (χ0v) is 9.59. The summed E-state index contributed by atoms with van der Waals surface area (Å²) in [7, 11) is 0. The van der Waals surface area contributed by atoms with Crippen molar-refractivity contribution in [3.8, 4) is 0 Å². The molecule has 0 aromatic carbocycles. The first-order chi connectivity index (χ1) is 8.24. The highest BCUT2D eigenvalue weighted by Gasteiger charge is 2.29. The quantitative estimate of drug-likeness (QED) is 0.768. The van der Waals surface area contributed by atoms with E-state index in [2.05, 4.69) is 19.6 Å². The number of hydrogen-bond acceptors (Lipinski definition) is 5. The number of halogens is 1. The lowest BCUT2D eigenvalue weighted by Crippen LogP contribution is -2.25. The van der Waals surface area contributed by atoms with Crippen LogP contribution in [-0.2, 0) is 6.54 Å². The zero-order chi connectivity index (χ0) is 11.8. The van der Waals surface area contributed by atoms with Crippen molar-refractivity contribution in [1.82, 2.24) is 19.7 Å². The maximum absolute atomic E-state index is 11.9. The van der Waals surface area contributed by atoms with Gasteiger partial charge in [-0.15, -0.1) is 0 Å². The van der Waals surface area contributed by atoms with Gasteiger partial charge in [-0.1, -0.05) is 16.8 Å². The summed E-state index contributed by atoms with van der Waals surface area (Å²) >= 11 is 5.80. The number of hydrogen-bond donors (Lipinski definition) is 0. The van der Waals surface area contributed by atoms with E-state index in [0.29, 0.717) is 17.6 Å². The first kappa shape index (κ1) is 10.5. The molecule has 6 nitrogen and oxygen atoms in total. The first-order valence-electron chi connectivity index (χ1n) is 5.26. The minimum atomic E-state index is -0.184. The van der Waals surface area contributed by atoms with Crippen LogP contribution in [0.2, 0.25) is 5.15 Å². The molecule has 88 valence electrons. The fourth-order valence-electron chi connectivity index (χ4n) is 1.71. The Hall–Kier alpha value is -1.69. The van der Waals surface area contributed by atoms with Crippen molar-refractivity contribution in [3.05, 3.63) is 39.6 Å². The lowest BCUT2D eigenvalue weighted by Gasteiger charge is -2.09. The molecule has 0 aliphatic heterocycles. The highest BCUT2D eigenvalue weighted by molar-refractivity contribution is 6.29. The molecule has 0 atom stereocenters. The van der Waals surface area contributed by atoms with Crippen LogP contribution < -0.4 is 5.56 Å². The number of rotatable bonds is 3. The van der Waals surface area contributed by atoms with E-state index in [0.717, 1.165) is 12.8 Å². The third kappa shape index (κ3) is 2.08. The average Bonchev–Trinajstić information content (AvgIpc) is 3.00. The molecule has 7 heteroatoms. The van der Waals surface area contributed by atoms with E-state index >= 15 is 0 Å². The molecular formula is C10H9ClN4O2. The summed E-state index contributed by atoms with van der Waals surface area (Å²) in [5.41, 5.74) is -0.184. The maximum atomic E-state index is 11.9. The van der Waals surface area contributed by atoms with Crippen molar-refractivity contribution < 1.29 is 4.52 Å². The molecule has 17 heavy (non-hydrogen) atoms. The minimum Gasteiger partial charge on any atom is -0.343 e. The maximum Gasteiger partial charge on any atom is 0.255 e. The summed E-state index contributed by atoms with van der Waals surface area (Å²) < 4.78 is 6.19. The molecular weight excluding hydrogens is 244 g/mol. The van der Waals surface area contributed by atoms with E-state index in [-0.39, 0.29) is 17.3 Å². The van der Waals surface area contributed by atoms with Gasteiger partial charge in [0.2, 0.25) is 6.39 Å². The van der Waals surface area contributed by atoms with Gasteiger partial charge in [-0.3, -0.25) is 9.36 Å². The van der Waals surface area contributed by atoms with E-state index in [4.69, 9.17) is 11.6 Å². The standard InChI is InChI=1S/C10H9ClN4O2/c11-7-3-9(16)15(4-8-12-5-17-14-8)10(13-7)6-1-2-6/h3,5-6H,1-2,4H2. The van der Waals surface area contributed by atoms with Gasteiger partial charge in [-0.05, 0) is 12.8 Å². The highest BCUT2D eigenvalue weighted by atomic mass is 35.5. The van der Waals surface area contributed by atoms with Gasteiger partial charge in [-0.2, -0.15) is 4.98 Å². The van der Waals surface area contributed by atoms with Crippen LogP contribution in [0, 0.1) is 0 Å². The second-order valence-electron chi connectivity index (χ2n) is 3.98. The van der Waals surface area contributed by atoms with Crippen molar-refractivity contribution in [3.63, 3.8) is 0 Å². The van der Waals surface area contributed by atoms with Crippen LogP contribution in [0.15, 0.2) is 21.8 Å². The fourth-order valence-corrected chi connectivity index (χ4v) is 1.89. The van der Waals surface area contributed by atoms with Crippen LogP contribution in [0.25, 0.3) is 0 Å². The molecule has 0 amide bonds. The van der Waals surface area contributed by atoms with Gasteiger partial charge in [0.25, 0.3) is 5.56 Å². The molecule has 1 saturated carbocycles. The van der Waals surface area contributed by atoms with Crippen molar-refractivity contribution >= 4 is 11.6 Å². The van der Waals surface area contributed by atoms with Gasteiger partial charge in [-0.25, -0.2) is 4.98 Å². The highest BCUT2D eigenvalue weighted by Crippen LogP contribution is 2.38. The fraction of sp³-hybridized carbons (Fsp3) is 0.400. The van der Waals surface area contributed by atoms with Gasteiger partial charge in [0, 0.05) is 12.0 Å². The Bertz CT molecular complexity index is 589. The molecule has 1 fully saturated rings. The Balaban J connectivity index is 2.04. The van der Waals surface area contributed by atoms with Crippen LogP contribution in [0.5, 0.6) is 0 Å². The van der Waals surface area contributed by atoms with Crippen molar-refractivity contribution in [2.45, 2.75) is 25.3 Å². The largest absolute Gasteiger partial charge is 0.343 e. The second kappa shape index (κ2) is 3.96. The third-order valence-corrected chi connectivity index (χ3v) is 2.85. The third-order valence-electron chi connectivity index (χ3n) is 2.66. The van der Waals surface area contributed by atoms with E-state index in [1.54, 1.807) is 4.57 Å². The summed E-state index contributed by atoms with van der Waals surface area (Å²) in [5.74, 6) is 1.50. The molecule has 0 N–H and O–H groups in total. The van der Waals surface area contributed by atoms with E-state index in [1.165, 1.54) is 12.5 Å². The van der Waals surface area contributed by atoms with Gasteiger partial charge in [0.05, 0.1) is 6.54 Å².